The summed E-state index contributed by atoms with van der Waals surface area (Å²) in [5.41, 5.74) is 3.43. The average Bonchev–Trinajstić information content (AvgIpc) is 2.46. The standard InChI is InChI=1S/C16H19FN2/c1-18-15-4-3-5-16(12-15)19(2)11-10-13-6-8-14(17)9-7-13/h3-9,12,18H,10-11H2,1-2H3. The third-order valence-electron chi connectivity index (χ3n) is 3.22. The van der Waals surface area contributed by atoms with Gasteiger partial charge in [0, 0.05) is 32.0 Å². The Bertz CT molecular complexity index is 523. The molecule has 0 aliphatic carbocycles. The van der Waals surface area contributed by atoms with Crippen LogP contribution < -0.4 is 10.2 Å². The predicted molar refractivity (Wildman–Crippen MR) is 79.4 cm³/mol. The SMILES string of the molecule is CNc1cccc(N(C)CCc2ccc(F)cc2)c1. The Morgan fingerprint density at radius 1 is 1.11 bits per heavy atom. The van der Waals surface area contributed by atoms with E-state index in [2.05, 4.69) is 29.4 Å². The van der Waals surface area contributed by atoms with Crippen molar-refractivity contribution in [3.63, 3.8) is 0 Å². The van der Waals surface area contributed by atoms with Gasteiger partial charge in [-0.3, -0.25) is 0 Å². The number of halogens is 1. The van der Waals surface area contributed by atoms with Crippen molar-refractivity contribution in [1.29, 1.82) is 0 Å². The highest BCUT2D eigenvalue weighted by molar-refractivity contribution is 5.57. The lowest BCUT2D eigenvalue weighted by Crippen LogP contribution is -2.20. The number of nitrogens with one attached hydrogen (secondary N) is 1. The molecular formula is C16H19FN2. The van der Waals surface area contributed by atoms with Crippen molar-refractivity contribution in [1.82, 2.24) is 0 Å². The molecular weight excluding hydrogens is 239 g/mol. The molecule has 0 saturated carbocycles. The van der Waals surface area contributed by atoms with E-state index in [1.165, 1.54) is 17.8 Å². The second-order valence-electron chi connectivity index (χ2n) is 4.60. The van der Waals surface area contributed by atoms with Gasteiger partial charge in [-0.1, -0.05) is 18.2 Å². The molecule has 0 aliphatic heterocycles. The van der Waals surface area contributed by atoms with Gasteiger partial charge in [0.2, 0.25) is 0 Å². The maximum absolute atomic E-state index is 12.8. The van der Waals surface area contributed by atoms with Crippen LogP contribution in [0.4, 0.5) is 15.8 Å². The fraction of sp³-hybridized carbons (Fsp3) is 0.250. The molecule has 0 saturated heterocycles. The summed E-state index contributed by atoms with van der Waals surface area (Å²) in [6.07, 6.45) is 0.903. The van der Waals surface area contributed by atoms with Crippen LogP contribution in [0.15, 0.2) is 48.5 Å². The summed E-state index contributed by atoms with van der Waals surface area (Å²) in [6, 6.07) is 15.0. The van der Waals surface area contributed by atoms with E-state index < -0.39 is 0 Å². The summed E-state index contributed by atoms with van der Waals surface area (Å²) >= 11 is 0. The summed E-state index contributed by atoms with van der Waals surface area (Å²) in [7, 11) is 3.98. The fourth-order valence-corrected chi connectivity index (χ4v) is 1.98. The fourth-order valence-electron chi connectivity index (χ4n) is 1.98. The first-order chi connectivity index (χ1) is 9.19. The van der Waals surface area contributed by atoms with E-state index >= 15 is 0 Å². The number of hydrogen-bond donors (Lipinski definition) is 1. The van der Waals surface area contributed by atoms with Crippen molar-refractivity contribution in [2.75, 3.05) is 30.9 Å². The molecule has 1 N–H and O–H groups in total. The average molecular weight is 258 g/mol. The summed E-state index contributed by atoms with van der Waals surface area (Å²) < 4.78 is 12.8. The van der Waals surface area contributed by atoms with E-state index in [0.717, 1.165) is 24.2 Å². The van der Waals surface area contributed by atoms with Gasteiger partial charge in [0.15, 0.2) is 0 Å². The van der Waals surface area contributed by atoms with E-state index in [1.54, 1.807) is 0 Å². The van der Waals surface area contributed by atoms with Gasteiger partial charge in [-0.25, -0.2) is 4.39 Å². The Hall–Kier alpha value is -2.03. The van der Waals surface area contributed by atoms with Crippen molar-refractivity contribution >= 4 is 11.4 Å². The highest BCUT2D eigenvalue weighted by Gasteiger charge is 2.02. The molecule has 0 atom stereocenters. The minimum absolute atomic E-state index is 0.182. The minimum Gasteiger partial charge on any atom is -0.388 e. The summed E-state index contributed by atoms with van der Waals surface area (Å²) in [5.74, 6) is -0.182. The molecule has 2 nitrogen and oxygen atoms in total. The Morgan fingerprint density at radius 2 is 1.84 bits per heavy atom. The Morgan fingerprint density at radius 3 is 2.53 bits per heavy atom. The van der Waals surface area contributed by atoms with E-state index in [1.807, 2.05) is 31.3 Å². The monoisotopic (exact) mass is 258 g/mol. The zero-order chi connectivity index (χ0) is 13.7. The Kier molecular flexibility index (Phi) is 4.39. The minimum atomic E-state index is -0.182. The lowest BCUT2D eigenvalue weighted by Gasteiger charge is -2.20. The predicted octanol–water partition coefficient (Wildman–Crippen LogP) is 3.55. The third-order valence-corrected chi connectivity index (χ3v) is 3.22. The number of benzene rings is 2. The van der Waals surface area contributed by atoms with Crippen LogP contribution in [-0.2, 0) is 6.42 Å². The molecule has 3 heteroatoms. The number of hydrogen-bond acceptors (Lipinski definition) is 2. The van der Waals surface area contributed by atoms with Crippen molar-refractivity contribution in [3.8, 4) is 0 Å². The molecule has 2 rings (SSSR count). The summed E-state index contributed by atoms with van der Waals surface area (Å²) in [6.45, 7) is 0.902. The highest BCUT2D eigenvalue weighted by atomic mass is 19.1. The van der Waals surface area contributed by atoms with Gasteiger partial charge >= 0.3 is 0 Å². The van der Waals surface area contributed by atoms with E-state index in [-0.39, 0.29) is 5.82 Å². The molecule has 0 aliphatic rings. The normalized spacial score (nSPS) is 10.3. The molecule has 0 unspecified atom stereocenters. The van der Waals surface area contributed by atoms with Crippen LogP contribution in [-0.4, -0.2) is 20.6 Å². The van der Waals surface area contributed by atoms with Gasteiger partial charge in [0.1, 0.15) is 5.82 Å². The van der Waals surface area contributed by atoms with Gasteiger partial charge in [-0.05, 0) is 42.3 Å². The van der Waals surface area contributed by atoms with E-state index in [9.17, 15) is 4.39 Å². The van der Waals surface area contributed by atoms with Crippen molar-refractivity contribution in [2.24, 2.45) is 0 Å². The molecule has 0 heterocycles. The molecule has 100 valence electrons. The molecule has 0 amide bonds. The molecule has 0 radical (unpaired) electrons. The van der Waals surface area contributed by atoms with Gasteiger partial charge in [-0.15, -0.1) is 0 Å². The van der Waals surface area contributed by atoms with Crippen LogP contribution in [0.5, 0.6) is 0 Å². The van der Waals surface area contributed by atoms with Crippen LogP contribution in [0.25, 0.3) is 0 Å². The van der Waals surface area contributed by atoms with Gasteiger partial charge in [0.05, 0.1) is 0 Å². The zero-order valence-electron chi connectivity index (χ0n) is 11.4. The molecule has 0 bridgehead atoms. The van der Waals surface area contributed by atoms with Crippen LogP contribution in [0.3, 0.4) is 0 Å². The smallest absolute Gasteiger partial charge is 0.123 e. The van der Waals surface area contributed by atoms with Gasteiger partial charge in [-0.2, -0.15) is 0 Å². The zero-order valence-corrected chi connectivity index (χ0v) is 11.4. The van der Waals surface area contributed by atoms with Crippen LogP contribution in [0, 0.1) is 5.82 Å². The van der Waals surface area contributed by atoms with E-state index in [0.29, 0.717) is 0 Å². The largest absolute Gasteiger partial charge is 0.388 e. The molecule has 0 aromatic heterocycles. The van der Waals surface area contributed by atoms with Crippen molar-refractivity contribution in [2.45, 2.75) is 6.42 Å². The lowest BCUT2D eigenvalue weighted by atomic mass is 10.1. The topological polar surface area (TPSA) is 15.3 Å². The van der Waals surface area contributed by atoms with Gasteiger partial charge in [0.25, 0.3) is 0 Å². The molecule has 2 aromatic rings. The summed E-state index contributed by atoms with van der Waals surface area (Å²) in [5, 5.41) is 3.13. The molecule has 0 fully saturated rings. The number of nitrogens with zero attached hydrogens (tertiary/aromatic N) is 1. The number of anilines is 2. The van der Waals surface area contributed by atoms with Crippen molar-refractivity contribution < 1.29 is 4.39 Å². The second kappa shape index (κ2) is 6.23. The van der Waals surface area contributed by atoms with Crippen LogP contribution >= 0.6 is 0 Å². The third kappa shape index (κ3) is 3.71. The number of likely N-dealkylation sites (N-methyl/N-ethyl adjacent to an activating group) is 1. The van der Waals surface area contributed by atoms with Crippen molar-refractivity contribution in [3.05, 3.63) is 59.9 Å². The van der Waals surface area contributed by atoms with Crippen LogP contribution in [0.2, 0.25) is 0 Å². The Balaban J connectivity index is 1.96. The first-order valence-electron chi connectivity index (χ1n) is 6.42. The summed E-state index contributed by atoms with van der Waals surface area (Å²) in [4.78, 5) is 2.20. The second-order valence-corrected chi connectivity index (χ2v) is 4.60. The highest BCUT2D eigenvalue weighted by Crippen LogP contribution is 2.18. The number of rotatable bonds is 5. The quantitative estimate of drug-likeness (QED) is 0.882. The van der Waals surface area contributed by atoms with E-state index in [4.69, 9.17) is 0 Å². The maximum atomic E-state index is 12.8. The lowest BCUT2D eigenvalue weighted by molar-refractivity contribution is 0.627. The molecule has 19 heavy (non-hydrogen) atoms. The first kappa shape index (κ1) is 13.4. The maximum Gasteiger partial charge on any atom is 0.123 e. The van der Waals surface area contributed by atoms with Crippen LogP contribution in [0.1, 0.15) is 5.56 Å². The Labute approximate surface area is 113 Å². The first-order valence-corrected chi connectivity index (χ1v) is 6.42. The van der Waals surface area contributed by atoms with Gasteiger partial charge < -0.3 is 10.2 Å². The molecule has 2 aromatic carbocycles. The molecule has 0 spiro atoms.